The van der Waals surface area contributed by atoms with Crippen LogP contribution >= 0.6 is 22.7 Å². The highest BCUT2D eigenvalue weighted by Crippen LogP contribution is 2.44. The van der Waals surface area contributed by atoms with Crippen molar-refractivity contribution in [3.05, 3.63) is 168 Å². The first-order valence-electron chi connectivity index (χ1n) is 17.4. The van der Waals surface area contributed by atoms with E-state index in [1.54, 1.807) is 0 Å². The van der Waals surface area contributed by atoms with Crippen LogP contribution in [0.15, 0.2) is 156 Å². The molecule has 11 rings (SSSR count). The third kappa shape index (κ3) is 4.76. The van der Waals surface area contributed by atoms with Crippen molar-refractivity contribution in [1.29, 1.82) is 0 Å². The maximum absolute atomic E-state index is 6.49. The molecule has 1 aliphatic heterocycles. The van der Waals surface area contributed by atoms with E-state index >= 15 is 0 Å². The number of benzene rings is 7. The molecule has 6 heteroatoms. The average Bonchev–Trinajstić information content (AvgIpc) is 3.88. The highest BCUT2D eigenvalue weighted by Gasteiger charge is 2.30. The second-order valence-corrected chi connectivity index (χ2v) is 15.5. The first-order chi connectivity index (χ1) is 25.2. The summed E-state index contributed by atoms with van der Waals surface area (Å²) in [7, 11) is 0. The van der Waals surface area contributed by atoms with Gasteiger partial charge >= 0.3 is 0 Å². The van der Waals surface area contributed by atoms with Crippen molar-refractivity contribution >= 4 is 85.0 Å². The van der Waals surface area contributed by atoms with Crippen molar-refractivity contribution in [2.45, 2.75) is 18.5 Å². The molecule has 0 amide bonds. The summed E-state index contributed by atoms with van der Waals surface area (Å²) in [6, 6.07) is 54.7. The number of fused-ring (bicyclic) bond motifs is 9. The highest BCUT2D eigenvalue weighted by molar-refractivity contribution is 7.26. The Kier molecular flexibility index (Phi) is 6.69. The van der Waals surface area contributed by atoms with E-state index in [1.165, 1.54) is 62.6 Å². The van der Waals surface area contributed by atoms with Crippen molar-refractivity contribution in [1.82, 2.24) is 16.0 Å². The molecule has 244 valence electrons. The van der Waals surface area contributed by atoms with Crippen LogP contribution in [-0.2, 0) is 0 Å². The Hall–Kier alpha value is -5.34. The first kappa shape index (κ1) is 29.4. The van der Waals surface area contributed by atoms with Gasteiger partial charge in [0.25, 0.3) is 0 Å². The number of thiophene rings is 2. The molecule has 7 aromatic carbocycles. The summed E-state index contributed by atoms with van der Waals surface area (Å²) >= 11 is 3.72. The van der Waals surface area contributed by atoms with Crippen LogP contribution in [0.3, 0.4) is 0 Å². The van der Waals surface area contributed by atoms with Crippen LogP contribution in [0, 0.1) is 0 Å². The maximum Gasteiger partial charge on any atom is 0.143 e. The number of furan rings is 1. The van der Waals surface area contributed by atoms with Gasteiger partial charge < -0.3 is 4.42 Å². The van der Waals surface area contributed by atoms with E-state index in [4.69, 9.17) is 4.42 Å². The lowest BCUT2D eigenvalue weighted by Gasteiger charge is -2.39. The fourth-order valence-electron chi connectivity index (χ4n) is 7.99. The van der Waals surface area contributed by atoms with E-state index < -0.39 is 0 Å². The number of hydrogen-bond donors (Lipinski definition) is 3. The van der Waals surface area contributed by atoms with Crippen molar-refractivity contribution in [2.24, 2.45) is 0 Å². The topological polar surface area (TPSA) is 49.2 Å². The van der Waals surface area contributed by atoms with Crippen molar-refractivity contribution in [3.8, 4) is 11.1 Å². The minimum absolute atomic E-state index is 0.0328. The third-order valence-electron chi connectivity index (χ3n) is 10.4. The van der Waals surface area contributed by atoms with Gasteiger partial charge in [-0.25, -0.2) is 0 Å². The highest BCUT2D eigenvalue weighted by atomic mass is 32.1. The summed E-state index contributed by atoms with van der Waals surface area (Å²) in [5.41, 5.74) is 7.85. The third-order valence-corrected chi connectivity index (χ3v) is 12.7. The second kappa shape index (κ2) is 11.6. The fourth-order valence-corrected chi connectivity index (χ4v) is 10.3. The second-order valence-electron chi connectivity index (χ2n) is 13.4. The molecule has 1 fully saturated rings. The maximum atomic E-state index is 6.49. The SMILES string of the molecule is c1ccc(C2NC(c3ccc4c(c3)sc3ccccc34)NC(c3ccc4c(c3)sc3cccc(-c5cccc6c5oc5ccccc56)c34)N2)cc1. The Bertz CT molecular complexity index is 2940. The van der Waals surface area contributed by atoms with E-state index in [2.05, 4.69) is 162 Å². The molecule has 51 heavy (non-hydrogen) atoms. The minimum atomic E-state index is -0.0714. The van der Waals surface area contributed by atoms with Crippen LogP contribution in [0.5, 0.6) is 0 Å². The fraction of sp³-hybridized carbons (Fsp3) is 0.0667. The van der Waals surface area contributed by atoms with Gasteiger partial charge in [-0.3, -0.25) is 16.0 Å². The molecule has 3 N–H and O–H groups in total. The molecular weight excluding hydrogens is 663 g/mol. The minimum Gasteiger partial charge on any atom is -0.455 e. The molecule has 3 aromatic heterocycles. The van der Waals surface area contributed by atoms with Crippen LogP contribution in [0.25, 0.3) is 73.4 Å². The normalized spacial score (nSPS) is 18.2. The Morgan fingerprint density at radius 2 is 0.961 bits per heavy atom. The molecule has 0 aliphatic carbocycles. The van der Waals surface area contributed by atoms with E-state index in [-0.39, 0.29) is 18.5 Å². The summed E-state index contributed by atoms with van der Waals surface area (Å²) in [5, 5.41) is 19.2. The monoisotopic (exact) mass is 693 g/mol. The molecule has 3 unspecified atom stereocenters. The largest absolute Gasteiger partial charge is 0.455 e. The molecule has 0 radical (unpaired) electrons. The zero-order chi connectivity index (χ0) is 33.5. The molecule has 0 saturated carbocycles. The van der Waals surface area contributed by atoms with Gasteiger partial charge in [0.15, 0.2) is 0 Å². The predicted octanol–water partition coefficient (Wildman–Crippen LogP) is 12.2. The van der Waals surface area contributed by atoms with Crippen molar-refractivity contribution in [2.75, 3.05) is 0 Å². The number of para-hydroxylation sites is 2. The van der Waals surface area contributed by atoms with Crippen LogP contribution in [0.4, 0.5) is 0 Å². The van der Waals surface area contributed by atoms with Crippen LogP contribution in [0.1, 0.15) is 35.2 Å². The van der Waals surface area contributed by atoms with Crippen LogP contribution < -0.4 is 16.0 Å². The number of rotatable bonds is 4. The smallest absolute Gasteiger partial charge is 0.143 e. The lowest BCUT2D eigenvalue weighted by Crippen LogP contribution is -2.54. The van der Waals surface area contributed by atoms with Crippen molar-refractivity contribution in [3.63, 3.8) is 0 Å². The predicted molar refractivity (Wildman–Crippen MR) is 215 cm³/mol. The summed E-state index contributed by atoms with van der Waals surface area (Å²) < 4.78 is 11.7. The molecule has 0 bridgehead atoms. The van der Waals surface area contributed by atoms with Crippen LogP contribution in [0.2, 0.25) is 0 Å². The number of hydrogen-bond acceptors (Lipinski definition) is 6. The molecule has 1 saturated heterocycles. The lowest BCUT2D eigenvalue weighted by atomic mass is 9.97. The summed E-state index contributed by atoms with van der Waals surface area (Å²) in [6.45, 7) is 0. The molecule has 3 atom stereocenters. The van der Waals surface area contributed by atoms with Gasteiger partial charge in [0.05, 0.1) is 18.5 Å². The zero-order valence-corrected chi connectivity index (χ0v) is 29.0. The van der Waals surface area contributed by atoms with Gasteiger partial charge in [0, 0.05) is 56.7 Å². The van der Waals surface area contributed by atoms with E-state index in [0.717, 1.165) is 27.5 Å². The lowest BCUT2D eigenvalue weighted by molar-refractivity contribution is 0.203. The van der Waals surface area contributed by atoms with E-state index in [0.29, 0.717) is 0 Å². The quantitative estimate of drug-likeness (QED) is 0.172. The van der Waals surface area contributed by atoms with E-state index in [9.17, 15) is 0 Å². The molecule has 1 aliphatic rings. The Morgan fingerprint density at radius 1 is 0.392 bits per heavy atom. The Morgan fingerprint density at radius 3 is 1.78 bits per heavy atom. The van der Waals surface area contributed by atoms with Crippen LogP contribution in [-0.4, -0.2) is 0 Å². The summed E-state index contributed by atoms with van der Waals surface area (Å²) in [5.74, 6) is 0. The molecular formula is C45H31N3OS2. The molecule has 4 nitrogen and oxygen atoms in total. The van der Waals surface area contributed by atoms with Gasteiger partial charge in [-0.1, -0.05) is 121 Å². The standard InChI is InChI=1S/C45H31N3OS2/c1-2-10-26(11-3-1)43-46-44(27-20-22-31-30-13-5-7-18-37(30)50-39(31)24-27)48-45(47-43)28-21-23-35-40(25-28)51-38-19-9-14-32(41(35)38)34-16-8-15-33-29-12-4-6-17-36(29)49-42(33)34/h1-25,43-48H. The number of nitrogens with one attached hydrogen (secondary N) is 3. The average molecular weight is 694 g/mol. The Labute approximate surface area is 302 Å². The van der Waals surface area contributed by atoms with Gasteiger partial charge in [0.2, 0.25) is 0 Å². The van der Waals surface area contributed by atoms with E-state index in [1.807, 2.05) is 28.7 Å². The van der Waals surface area contributed by atoms with Gasteiger partial charge in [-0.05, 0) is 52.6 Å². The van der Waals surface area contributed by atoms with Gasteiger partial charge in [0.1, 0.15) is 11.2 Å². The molecule has 0 spiro atoms. The van der Waals surface area contributed by atoms with Gasteiger partial charge in [-0.2, -0.15) is 0 Å². The zero-order valence-electron chi connectivity index (χ0n) is 27.4. The Balaban J connectivity index is 1.01. The first-order valence-corrected chi connectivity index (χ1v) is 19.0. The summed E-state index contributed by atoms with van der Waals surface area (Å²) in [6.07, 6.45) is -0.155. The molecule has 4 heterocycles. The van der Waals surface area contributed by atoms with Gasteiger partial charge in [-0.15, -0.1) is 22.7 Å². The van der Waals surface area contributed by atoms with Crippen molar-refractivity contribution < 1.29 is 4.42 Å². The molecule has 10 aromatic rings. The summed E-state index contributed by atoms with van der Waals surface area (Å²) in [4.78, 5) is 0.